The SMILES string of the molecule is CCC(C)(C)C(O)(CO)C(O)(C(C)(C)CC)C(C)(C)CC. The van der Waals surface area contributed by atoms with Crippen molar-refractivity contribution in [2.24, 2.45) is 16.2 Å². The Bertz CT molecular complexity index is 328. The van der Waals surface area contributed by atoms with Gasteiger partial charge < -0.3 is 15.3 Å². The highest BCUT2D eigenvalue weighted by molar-refractivity contribution is 5.18. The van der Waals surface area contributed by atoms with Crippen molar-refractivity contribution in [1.82, 2.24) is 0 Å². The van der Waals surface area contributed by atoms with Crippen LogP contribution in [-0.2, 0) is 0 Å². The molecule has 1 atom stereocenters. The maximum absolute atomic E-state index is 11.8. The summed E-state index contributed by atoms with van der Waals surface area (Å²) < 4.78 is 0. The average Bonchev–Trinajstić information content (AvgIpc) is 2.44. The zero-order valence-electron chi connectivity index (χ0n) is 15.7. The van der Waals surface area contributed by atoms with Crippen LogP contribution in [-0.4, -0.2) is 33.1 Å². The number of hydrogen-bond acceptors (Lipinski definition) is 3. The first-order valence-corrected chi connectivity index (χ1v) is 8.30. The Kier molecular flexibility index (Phi) is 6.14. The first kappa shape index (κ1) is 20.9. The topological polar surface area (TPSA) is 60.7 Å². The minimum atomic E-state index is -1.58. The van der Waals surface area contributed by atoms with E-state index in [1.165, 1.54) is 0 Å². The van der Waals surface area contributed by atoms with Crippen LogP contribution in [0.15, 0.2) is 0 Å². The van der Waals surface area contributed by atoms with Crippen molar-refractivity contribution in [2.45, 2.75) is 92.8 Å². The minimum Gasteiger partial charge on any atom is -0.393 e. The molecule has 0 spiro atoms. The van der Waals surface area contributed by atoms with Gasteiger partial charge in [0.1, 0.15) is 11.2 Å². The Morgan fingerprint density at radius 3 is 1.10 bits per heavy atom. The fourth-order valence-electron chi connectivity index (χ4n) is 3.66. The number of aliphatic hydroxyl groups is 3. The van der Waals surface area contributed by atoms with Crippen LogP contribution in [0, 0.1) is 16.2 Å². The van der Waals surface area contributed by atoms with Gasteiger partial charge in [0.25, 0.3) is 0 Å². The summed E-state index contributed by atoms with van der Waals surface area (Å²) in [4.78, 5) is 0. The van der Waals surface area contributed by atoms with Crippen LogP contribution >= 0.6 is 0 Å². The molecule has 0 aliphatic rings. The van der Waals surface area contributed by atoms with Gasteiger partial charge in [-0.1, -0.05) is 62.3 Å². The quantitative estimate of drug-likeness (QED) is 0.640. The number of hydrogen-bond donors (Lipinski definition) is 3. The molecule has 0 rings (SSSR count). The van der Waals surface area contributed by atoms with Crippen LogP contribution in [0.25, 0.3) is 0 Å². The molecule has 0 bridgehead atoms. The van der Waals surface area contributed by atoms with Crippen LogP contribution < -0.4 is 0 Å². The Balaban J connectivity index is 6.54. The van der Waals surface area contributed by atoms with Gasteiger partial charge in [0.05, 0.1) is 6.61 Å². The molecule has 0 amide bonds. The van der Waals surface area contributed by atoms with E-state index in [0.29, 0.717) is 6.42 Å². The maximum Gasteiger partial charge on any atom is 0.122 e. The molecule has 0 aliphatic heterocycles. The first-order valence-electron chi connectivity index (χ1n) is 8.30. The molecular weight excluding hydrogens is 264 g/mol. The van der Waals surface area contributed by atoms with Crippen molar-refractivity contribution in [1.29, 1.82) is 0 Å². The molecule has 3 nitrogen and oxygen atoms in total. The average molecular weight is 302 g/mol. The van der Waals surface area contributed by atoms with Crippen molar-refractivity contribution in [3.8, 4) is 0 Å². The third-order valence-corrected chi connectivity index (χ3v) is 6.56. The van der Waals surface area contributed by atoms with Crippen LogP contribution in [0.5, 0.6) is 0 Å². The molecule has 0 radical (unpaired) electrons. The third kappa shape index (κ3) is 2.77. The normalized spacial score (nSPS) is 17.7. The highest BCUT2D eigenvalue weighted by Crippen LogP contribution is 2.58. The predicted octanol–water partition coefficient (Wildman–Crippen LogP) is 3.75. The molecule has 1 unspecified atom stereocenters. The lowest BCUT2D eigenvalue weighted by Gasteiger charge is -2.63. The van der Waals surface area contributed by atoms with E-state index in [9.17, 15) is 15.3 Å². The van der Waals surface area contributed by atoms with Gasteiger partial charge in [0, 0.05) is 0 Å². The van der Waals surface area contributed by atoms with Gasteiger partial charge in [-0.05, 0) is 35.5 Å². The lowest BCUT2D eigenvalue weighted by molar-refractivity contribution is -0.307. The second kappa shape index (κ2) is 6.17. The Hall–Kier alpha value is -0.120. The molecule has 3 N–H and O–H groups in total. The molecule has 0 saturated carbocycles. The number of rotatable bonds is 8. The lowest BCUT2D eigenvalue weighted by atomic mass is 9.47. The summed E-state index contributed by atoms with van der Waals surface area (Å²) in [6, 6.07) is 0. The predicted molar refractivity (Wildman–Crippen MR) is 89.2 cm³/mol. The van der Waals surface area contributed by atoms with Gasteiger partial charge in [-0.3, -0.25) is 0 Å². The van der Waals surface area contributed by atoms with E-state index in [0.717, 1.165) is 12.8 Å². The Morgan fingerprint density at radius 2 is 0.905 bits per heavy atom. The summed E-state index contributed by atoms with van der Waals surface area (Å²) in [6.45, 7) is 17.4. The van der Waals surface area contributed by atoms with Crippen LogP contribution in [0.2, 0.25) is 0 Å². The van der Waals surface area contributed by atoms with Gasteiger partial charge >= 0.3 is 0 Å². The summed E-state index contributed by atoms with van der Waals surface area (Å²) in [5, 5.41) is 33.4. The largest absolute Gasteiger partial charge is 0.393 e. The van der Waals surface area contributed by atoms with E-state index < -0.39 is 34.1 Å². The van der Waals surface area contributed by atoms with E-state index in [-0.39, 0.29) is 0 Å². The molecular formula is C18H38O3. The third-order valence-electron chi connectivity index (χ3n) is 6.56. The molecule has 0 aromatic rings. The molecule has 0 aromatic carbocycles. The smallest absolute Gasteiger partial charge is 0.122 e. The summed E-state index contributed by atoms with van der Waals surface area (Å²) >= 11 is 0. The van der Waals surface area contributed by atoms with Crippen LogP contribution in [0.3, 0.4) is 0 Å². The fraction of sp³-hybridized carbons (Fsp3) is 1.00. The van der Waals surface area contributed by atoms with E-state index in [1.54, 1.807) is 0 Å². The van der Waals surface area contributed by atoms with Gasteiger partial charge in [-0.2, -0.15) is 0 Å². The van der Waals surface area contributed by atoms with Gasteiger partial charge in [-0.15, -0.1) is 0 Å². The zero-order chi connectivity index (χ0) is 17.3. The van der Waals surface area contributed by atoms with Gasteiger partial charge in [-0.25, -0.2) is 0 Å². The van der Waals surface area contributed by atoms with Crippen molar-refractivity contribution in [3.05, 3.63) is 0 Å². The van der Waals surface area contributed by atoms with Gasteiger partial charge in [0.2, 0.25) is 0 Å². The van der Waals surface area contributed by atoms with Crippen molar-refractivity contribution in [3.63, 3.8) is 0 Å². The molecule has 0 saturated heterocycles. The van der Waals surface area contributed by atoms with Crippen LogP contribution in [0.4, 0.5) is 0 Å². The molecule has 0 aromatic heterocycles. The first-order chi connectivity index (χ1) is 9.24. The Morgan fingerprint density at radius 1 is 0.619 bits per heavy atom. The summed E-state index contributed by atoms with van der Waals surface area (Å²) in [6.07, 6.45) is 2.11. The van der Waals surface area contributed by atoms with Gasteiger partial charge in [0.15, 0.2) is 0 Å². The highest BCUT2D eigenvalue weighted by atomic mass is 16.4. The summed E-state index contributed by atoms with van der Waals surface area (Å²) in [5.74, 6) is 0. The summed E-state index contributed by atoms with van der Waals surface area (Å²) in [7, 11) is 0. The van der Waals surface area contributed by atoms with Crippen LogP contribution in [0.1, 0.15) is 81.6 Å². The standard InChI is InChI=1S/C18H38O3/c1-10-14(4,5)17(20,13-19)18(21,15(6,7)11-2)16(8,9)12-3/h19-21H,10-13H2,1-9H3. The molecule has 0 fully saturated rings. The Labute approximate surface area is 131 Å². The van der Waals surface area contributed by atoms with Crippen molar-refractivity contribution in [2.75, 3.05) is 6.61 Å². The van der Waals surface area contributed by atoms with Crippen molar-refractivity contribution >= 4 is 0 Å². The maximum atomic E-state index is 11.8. The molecule has 128 valence electrons. The fourth-order valence-corrected chi connectivity index (χ4v) is 3.66. The lowest BCUT2D eigenvalue weighted by Crippen LogP contribution is -2.75. The molecule has 21 heavy (non-hydrogen) atoms. The monoisotopic (exact) mass is 302 g/mol. The molecule has 3 heteroatoms. The zero-order valence-corrected chi connectivity index (χ0v) is 15.7. The van der Waals surface area contributed by atoms with E-state index >= 15 is 0 Å². The second-order valence-electron chi connectivity index (χ2n) is 8.44. The molecule has 0 aliphatic carbocycles. The second-order valence-corrected chi connectivity index (χ2v) is 8.44. The highest BCUT2D eigenvalue weighted by Gasteiger charge is 2.67. The minimum absolute atomic E-state index is 0.447. The van der Waals surface area contributed by atoms with E-state index in [2.05, 4.69) is 0 Å². The van der Waals surface area contributed by atoms with E-state index in [4.69, 9.17) is 0 Å². The summed E-state index contributed by atoms with van der Waals surface area (Å²) in [5.41, 5.74) is -4.65. The van der Waals surface area contributed by atoms with Crippen molar-refractivity contribution < 1.29 is 15.3 Å². The van der Waals surface area contributed by atoms with E-state index in [1.807, 2.05) is 62.3 Å². The number of aliphatic hydroxyl groups excluding tert-OH is 1. The molecule has 0 heterocycles.